The number of nitro groups is 1. The van der Waals surface area contributed by atoms with Crippen LogP contribution in [-0.4, -0.2) is 20.8 Å². The van der Waals surface area contributed by atoms with Crippen molar-refractivity contribution in [1.82, 2.24) is 9.97 Å². The Morgan fingerprint density at radius 1 is 1.03 bits per heavy atom. The predicted molar refractivity (Wildman–Crippen MR) is 112 cm³/mol. The smallest absolute Gasteiger partial charge is 0.334 e. The van der Waals surface area contributed by atoms with Crippen LogP contribution >= 0.6 is 11.6 Å². The van der Waals surface area contributed by atoms with Gasteiger partial charge >= 0.3 is 11.9 Å². The largest absolute Gasteiger partial charge is 0.416 e. The van der Waals surface area contributed by atoms with Crippen LogP contribution in [0.3, 0.4) is 0 Å². The molecule has 0 aliphatic heterocycles. The fourth-order valence-electron chi connectivity index (χ4n) is 2.64. The quantitative estimate of drug-likeness (QED) is 0.323. The molecule has 3 aromatic rings. The summed E-state index contributed by atoms with van der Waals surface area (Å²) in [5, 5.41) is 19.4. The Kier molecular flexibility index (Phi) is 6.44. The number of anilines is 5. The van der Waals surface area contributed by atoms with Gasteiger partial charge in [0, 0.05) is 18.3 Å². The zero-order chi connectivity index (χ0) is 23.5. The second kappa shape index (κ2) is 9.06. The first-order valence-corrected chi connectivity index (χ1v) is 9.20. The number of aromatic nitrogens is 2. The van der Waals surface area contributed by atoms with E-state index in [1.807, 2.05) is 0 Å². The van der Waals surface area contributed by atoms with Gasteiger partial charge in [0.1, 0.15) is 6.33 Å². The lowest BCUT2D eigenvalue weighted by atomic mass is 10.2. The molecule has 0 aliphatic carbocycles. The lowest BCUT2D eigenvalue weighted by Crippen LogP contribution is -2.08. The first-order valence-electron chi connectivity index (χ1n) is 8.82. The first kappa shape index (κ1) is 22.7. The second-order valence-corrected chi connectivity index (χ2v) is 6.78. The summed E-state index contributed by atoms with van der Waals surface area (Å²) in [7, 11) is 0. The molecule has 0 atom stereocenters. The van der Waals surface area contributed by atoms with Crippen molar-refractivity contribution >= 4 is 51.9 Å². The number of benzene rings is 2. The van der Waals surface area contributed by atoms with Gasteiger partial charge in [-0.3, -0.25) is 14.9 Å². The average molecular weight is 467 g/mol. The van der Waals surface area contributed by atoms with Gasteiger partial charge in [0.25, 0.3) is 0 Å². The number of hydrogen-bond acceptors (Lipinski definition) is 7. The maximum atomic E-state index is 13.0. The minimum absolute atomic E-state index is 0.0889. The van der Waals surface area contributed by atoms with Gasteiger partial charge < -0.3 is 16.0 Å². The number of nitrogens with zero attached hydrogens (tertiary/aromatic N) is 3. The first-order chi connectivity index (χ1) is 15.0. The van der Waals surface area contributed by atoms with Crippen LogP contribution in [0.4, 0.5) is 47.6 Å². The molecular formula is C19H14ClF3N6O3. The number of hydrogen-bond donors (Lipinski definition) is 3. The minimum Gasteiger partial charge on any atom is -0.334 e. The Balaban J connectivity index is 1.94. The van der Waals surface area contributed by atoms with Gasteiger partial charge in [-0.2, -0.15) is 13.2 Å². The van der Waals surface area contributed by atoms with Gasteiger partial charge in [-0.05, 0) is 42.5 Å². The average Bonchev–Trinajstić information content (AvgIpc) is 2.70. The summed E-state index contributed by atoms with van der Waals surface area (Å²) in [5.41, 5.74) is -0.884. The van der Waals surface area contributed by atoms with E-state index in [9.17, 15) is 28.1 Å². The monoisotopic (exact) mass is 466 g/mol. The third kappa shape index (κ3) is 5.40. The third-order valence-corrected chi connectivity index (χ3v) is 4.35. The van der Waals surface area contributed by atoms with Crippen LogP contribution in [0.2, 0.25) is 5.02 Å². The molecule has 1 amide bonds. The Morgan fingerprint density at radius 2 is 1.62 bits per heavy atom. The third-order valence-electron chi connectivity index (χ3n) is 4.02. The highest BCUT2D eigenvalue weighted by Crippen LogP contribution is 2.38. The SMILES string of the molecule is CC(=O)Nc1ccc(Nc2ncnc(Nc3cc(C(F)(F)F)ccc3Cl)c2[N+](=O)[O-])cc1. The Bertz CT molecular complexity index is 1170. The summed E-state index contributed by atoms with van der Waals surface area (Å²) >= 11 is 5.96. The molecule has 2 aromatic carbocycles. The molecule has 0 spiro atoms. The van der Waals surface area contributed by atoms with Crippen LogP contribution < -0.4 is 16.0 Å². The molecule has 0 saturated carbocycles. The summed E-state index contributed by atoms with van der Waals surface area (Å²) in [6, 6.07) is 8.77. The molecule has 0 radical (unpaired) electrons. The Hall–Kier alpha value is -3.93. The Morgan fingerprint density at radius 3 is 2.19 bits per heavy atom. The van der Waals surface area contributed by atoms with Crippen molar-refractivity contribution in [3.63, 3.8) is 0 Å². The number of nitrogens with one attached hydrogen (secondary N) is 3. The zero-order valence-corrected chi connectivity index (χ0v) is 17.0. The zero-order valence-electron chi connectivity index (χ0n) is 16.2. The number of halogens is 4. The van der Waals surface area contributed by atoms with Crippen molar-refractivity contribution in [3.8, 4) is 0 Å². The predicted octanol–water partition coefficient (Wildman–Crippen LogP) is 5.50. The van der Waals surface area contributed by atoms with Crippen LogP contribution in [0.5, 0.6) is 0 Å². The van der Waals surface area contributed by atoms with Crippen molar-refractivity contribution in [2.24, 2.45) is 0 Å². The van der Waals surface area contributed by atoms with Crippen molar-refractivity contribution in [3.05, 3.63) is 69.5 Å². The summed E-state index contributed by atoms with van der Waals surface area (Å²) in [5.74, 6) is -0.826. The molecule has 0 unspecified atom stereocenters. The molecular weight excluding hydrogens is 453 g/mol. The minimum atomic E-state index is -4.63. The number of alkyl halides is 3. The van der Waals surface area contributed by atoms with Gasteiger partial charge in [0.05, 0.1) is 21.2 Å². The van der Waals surface area contributed by atoms with Crippen molar-refractivity contribution < 1.29 is 22.9 Å². The van der Waals surface area contributed by atoms with Gasteiger partial charge in [-0.15, -0.1) is 0 Å². The van der Waals surface area contributed by atoms with E-state index in [1.165, 1.54) is 6.92 Å². The number of carbonyl (C=O) groups excluding carboxylic acids is 1. The van der Waals surface area contributed by atoms with E-state index >= 15 is 0 Å². The van der Waals surface area contributed by atoms with E-state index < -0.39 is 22.4 Å². The molecule has 9 nitrogen and oxygen atoms in total. The van der Waals surface area contributed by atoms with Crippen molar-refractivity contribution in [2.75, 3.05) is 16.0 Å². The molecule has 0 bridgehead atoms. The highest BCUT2D eigenvalue weighted by atomic mass is 35.5. The fourth-order valence-corrected chi connectivity index (χ4v) is 2.80. The lowest BCUT2D eigenvalue weighted by Gasteiger charge is -2.13. The van der Waals surface area contributed by atoms with Crippen LogP contribution in [0.25, 0.3) is 0 Å². The molecule has 1 heterocycles. The number of amides is 1. The standard InChI is InChI=1S/C19H14ClF3N6O3/c1-10(30)26-12-3-5-13(6-4-12)27-17-16(29(31)32)18(25-9-24-17)28-15-8-11(19(21,22)23)2-7-14(15)20/h2-9H,1H3,(H,26,30)(H2,24,25,27,28). The fraction of sp³-hybridized carbons (Fsp3) is 0.105. The molecule has 0 saturated heterocycles. The summed E-state index contributed by atoms with van der Waals surface area (Å²) in [6.45, 7) is 1.35. The van der Waals surface area contributed by atoms with E-state index in [4.69, 9.17) is 11.6 Å². The molecule has 3 N–H and O–H groups in total. The Labute approximate surface area is 183 Å². The molecule has 1 aromatic heterocycles. The normalized spacial score (nSPS) is 11.0. The summed E-state index contributed by atoms with van der Waals surface area (Å²) in [6.07, 6.45) is -3.63. The highest BCUT2D eigenvalue weighted by molar-refractivity contribution is 6.33. The van der Waals surface area contributed by atoms with E-state index in [-0.39, 0.29) is 28.3 Å². The number of rotatable bonds is 6. The van der Waals surface area contributed by atoms with Crippen LogP contribution in [-0.2, 0) is 11.0 Å². The molecule has 0 aliphatic rings. The van der Waals surface area contributed by atoms with Crippen molar-refractivity contribution in [1.29, 1.82) is 0 Å². The molecule has 166 valence electrons. The molecule has 0 fully saturated rings. The second-order valence-electron chi connectivity index (χ2n) is 6.38. The van der Waals surface area contributed by atoms with E-state index in [1.54, 1.807) is 24.3 Å². The summed E-state index contributed by atoms with van der Waals surface area (Å²) in [4.78, 5) is 29.7. The molecule has 32 heavy (non-hydrogen) atoms. The maximum absolute atomic E-state index is 13.0. The molecule has 13 heteroatoms. The molecule has 3 rings (SSSR count). The van der Waals surface area contributed by atoms with Crippen LogP contribution in [0.15, 0.2) is 48.8 Å². The summed E-state index contributed by atoms with van der Waals surface area (Å²) < 4.78 is 39.0. The van der Waals surface area contributed by atoms with Crippen LogP contribution in [0.1, 0.15) is 12.5 Å². The van der Waals surface area contributed by atoms with E-state index in [2.05, 4.69) is 25.9 Å². The lowest BCUT2D eigenvalue weighted by molar-refractivity contribution is -0.383. The number of carbonyl (C=O) groups is 1. The maximum Gasteiger partial charge on any atom is 0.416 e. The van der Waals surface area contributed by atoms with Gasteiger partial charge in [0.2, 0.25) is 17.5 Å². The van der Waals surface area contributed by atoms with E-state index in [0.29, 0.717) is 11.4 Å². The van der Waals surface area contributed by atoms with Crippen molar-refractivity contribution in [2.45, 2.75) is 13.1 Å². The highest BCUT2D eigenvalue weighted by Gasteiger charge is 2.31. The topological polar surface area (TPSA) is 122 Å². The van der Waals surface area contributed by atoms with E-state index in [0.717, 1.165) is 24.5 Å². The van der Waals surface area contributed by atoms with Crippen LogP contribution in [0, 0.1) is 10.1 Å². The van der Waals surface area contributed by atoms with Gasteiger partial charge in [-0.1, -0.05) is 11.6 Å². The van der Waals surface area contributed by atoms with Gasteiger partial charge in [0.15, 0.2) is 0 Å². The van der Waals surface area contributed by atoms with Gasteiger partial charge in [-0.25, -0.2) is 9.97 Å².